The van der Waals surface area contributed by atoms with Gasteiger partial charge >= 0.3 is 0 Å². The van der Waals surface area contributed by atoms with Crippen molar-refractivity contribution in [3.05, 3.63) is 50.6 Å². The minimum absolute atomic E-state index is 0.0865. The first-order valence-corrected chi connectivity index (χ1v) is 7.66. The fourth-order valence-corrected chi connectivity index (χ4v) is 2.86. The topological polar surface area (TPSA) is 41.1 Å². The van der Waals surface area contributed by atoms with Gasteiger partial charge in [-0.1, -0.05) is 23.2 Å². The number of rotatable bonds is 5. The molecule has 0 saturated heterocycles. The number of benzene rings is 1. The van der Waals surface area contributed by atoms with Crippen LogP contribution >= 0.6 is 34.5 Å². The van der Waals surface area contributed by atoms with Gasteiger partial charge < -0.3 is 10.6 Å². The van der Waals surface area contributed by atoms with E-state index >= 15 is 0 Å². The van der Waals surface area contributed by atoms with Crippen LogP contribution in [0.3, 0.4) is 0 Å². The molecule has 2 rings (SSSR count). The molecule has 6 heteroatoms. The van der Waals surface area contributed by atoms with E-state index in [4.69, 9.17) is 23.2 Å². The van der Waals surface area contributed by atoms with Gasteiger partial charge in [-0.25, -0.2) is 0 Å². The molecule has 3 nitrogen and oxygen atoms in total. The molecule has 0 fully saturated rings. The first-order chi connectivity index (χ1) is 9.54. The Bertz CT molecular complexity index is 583. The molecule has 1 unspecified atom stereocenters. The summed E-state index contributed by atoms with van der Waals surface area (Å²) < 4.78 is 0.749. The van der Waals surface area contributed by atoms with E-state index in [-0.39, 0.29) is 18.5 Å². The zero-order valence-electron chi connectivity index (χ0n) is 10.8. The van der Waals surface area contributed by atoms with Crippen molar-refractivity contribution in [1.82, 2.24) is 5.32 Å². The van der Waals surface area contributed by atoms with Crippen LogP contribution in [-0.4, -0.2) is 12.5 Å². The maximum atomic E-state index is 11.8. The molecule has 1 heterocycles. The van der Waals surface area contributed by atoms with Gasteiger partial charge in [-0.05, 0) is 43.3 Å². The van der Waals surface area contributed by atoms with Crippen LogP contribution < -0.4 is 10.6 Å². The van der Waals surface area contributed by atoms with E-state index in [0.29, 0.717) is 5.02 Å². The highest BCUT2D eigenvalue weighted by Crippen LogP contribution is 2.26. The number of carbonyl (C=O) groups is 1. The Morgan fingerprint density at radius 3 is 2.50 bits per heavy atom. The highest BCUT2D eigenvalue weighted by atomic mass is 35.5. The van der Waals surface area contributed by atoms with Crippen molar-refractivity contribution in [3.63, 3.8) is 0 Å². The van der Waals surface area contributed by atoms with Gasteiger partial charge in [-0.2, -0.15) is 0 Å². The zero-order chi connectivity index (χ0) is 14.5. The summed E-state index contributed by atoms with van der Waals surface area (Å²) in [6.07, 6.45) is 0. The van der Waals surface area contributed by atoms with Crippen molar-refractivity contribution in [3.8, 4) is 0 Å². The number of thiophene rings is 1. The Morgan fingerprint density at radius 1 is 1.20 bits per heavy atom. The van der Waals surface area contributed by atoms with Crippen molar-refractivity contribution in [2.45, 2.75) is 13.0 Å². The molecular formula is C14H14Cl2N2OS. The average molecular weight is 329 g/mol. The summed E-state index contributed by atoms with van der Waals surface area (Å²) in [5.74, 6) is -0.0955. The van der Waals surface area contributed by atoms with E-state index in [2.05, 4.69) is 10.6 Å². The maximum Gasteiger partial charge on any atom is 0.238 e. The lowest BCUT2D eigenvalue weighted by Gasteiger charge is -2.12. The quantitative estimate of drug-likeness (QED) is 0.856. The molecule has 0 aliphatic rings. The standard InChI is InChI=1S/C14H14Cl2N2OS/c1-9(12-6-7-13(16)20-12)17-8-14(19)18-11-4-2-10(15)3-5-11/h2-7,9,17H,8H2,1H3,(H,18,19). The number of anilines is 1. The van der Waals surface area contributed by atoms with Gasteiger partial charge in [-0.15, -0.1) is 11.3 Å². The van der Waals surface area contributed by atoms with E-state index in [0.717, 1.165) is 14.9 Å². The Balaban J connectivity index is 1.81. The number of nitrogens with one attached hydrogen (secondary N) is 2. The van der Waals surface area contributed by atoms with E-state index in [1.165, 1.54) is 11.3 Å². The van der Waals surface area contributed by atoms with Crippen LogP contribution in [0.5, 0.6) is 0 Å². The Labute approximate surface area is 131 Å². The summed E-state index contributed by atoms with van der Waals surface area (Å²) in [7, 11) is 0. The molecule has 0 saturated carbocycles. The predicted molar refractivity (Wildman–Crippen MR) is 85.8 cm³/mol. The first kappa shape index (κ1) is 15.3. The summed E-state index contributed by atoms with van der Waals surface area (Å²) >= 11 is 13.2. The first-order valence-electron chi connectivity index (χ1n) is 6.08. The third kappa shape index (κ3) is 4.49. The second-order valence-corrected chi connectivity index (χ2v) is 6.48. The van der Waals surface area contributed by atoms with Crippen LogP contribution in [0, 0.1) is 0 Å². The molecule has 0 aliphatic carbocycles. The molecule has 20 heavy (non-hydrogen) atoms. The van der Waals surface area contributed by atoms with Gasteiger partial charge in [0.2, 0.25) is 5.91 Å². The van der Waals surface area contributed by atoms with Crippen molar-refractivity contribution in [2.24, 2.45) is 0 Å². The van der Waals surface area contributed by atoms with Crippen molar-refractivity contribution in [1.29, 1.82) is 0 Å². The molecule has 2 aromatic rings. The predicted octanol–water partition coefficient (Wildman–Crippen LogP) is 4.34. The fraction of sp³-hybridized carbons (Fsp3) is 0.214. The van der Waals surface area contributed by atoms with Gasteiger partial charge in [0, 0.05) is 21.6 Å². The normalized spacial score (nSPS) is 12.2. The number of hydrogen-bond donors (Lipinski definition) is 2. The summed E-state index contributed by atoms with van der Waals surface area (Å²) in [4.78, 5) is 12.9. The Hall–Kier alpha value is -1.07. The number of carbonyl (C=O) groups excluding carboxylic acids is 1. The molecule has 0 bridgehead atoms. The minimum atomic E-state index is -0.0955. The monoisotopic (exact) mass is 328 g/mol. The average Bonchev–Trinajstić information content (AvgIpc) is 2.85. The van der Waals surface area contributed by atoms with Crippen LogP contribution in [0.2, 0.25) is 9.36 Å². The maximum absolute atomic E-state index is 11.8. The van der Waals surface area contributed by atoms with Gasteiger partial charge in [0.25, 0.3) is 0 Å². The molecule has 1 aromatic heterocycles. The Morgan fingerprint density at radius 2 is 1.90 bits per heavy atom. The molecular weight excluding hydrogens is 315 g/mol. The molecule has 0 spiro atoms. The lowest BCUT2D eigenvalue weighted by atomic mass is 10.2. The van der Waals surface area contributed by atoms with Gasteiger partial charge in [0.15, 0.2) is 0 Å². The highest BCUT2D eigenvalue weighted by Gasteiger charge is 2.10. The van der Waals surface area contributed by atoms with E-state index in [1.54, 1.807) is 24.3 Å². The number of hydrogen-bond acceptors (Lipinski definition) is 3. The van der Waals surface area contributed by atoms with Crippen LogP contribution in [0.1, 0.15) is 17.8 Å². The third-order valence-electron chi connectivity index (χ3n) is 2.72. The minimum Gasteiger partial charge on any atom is -0.325 e. The van der Waals surface area contributed by atoms with Crippen molar-refractivity contribution in [2.75, 3.05) is 11.9 Å². The fourth-order valence-electron chi connectivity index (χ4n) is 1.65. The second-order valence-electron chi connectivity index (χ2n) is 4.30. The number of halogens is 2. The lowest BCUT2D eigenvalue weighted by Crippen LogP contribution is -2.29. The second kappa shape index (κ2) is 7.09. The third-order valence-corrected chi connectivity index (χ3v) is 4.38. The Kier molecular flexibility index (Phi) is 5.43. The smallest absolute Gasteiger partial charge is 0.238 e. The summed E-state index contributed by atoms with van der Waals surface area (Å²) in [5, 5.41) is 6.60. The van der Waals surface area contributed by atoms with E-state index in [1.807, 2.05) is 19.1 Å². The van der Waals surface area contributed by atoms with Gasteiger partial charge in [0.05, 0.1) is 10.9 Å². The lowest BCUT2D eigenvalue weighted by molar-refractivity contribution is -0.115. The summed E-state index contributed by atoms with van der Waals surface area (Å²) in [6, 6.07) is 10.9. The van der Waals surface area contributed by atoms with Crippen molar-refractivity contribution < 1.29 is 4.79 Å². The highest BCUT2D eigenvalue weighted by molar-refractivity contribution is 7.16. The summed E-state index contributed by atoms with van der Waals surface area (Å²) in [6.45, 7) is 2.23. The number of amides is 1. The zero-order valence-corrected chi connectivity index (χ0v) is 13.1. The molecule has 0 aliphatic heterocycles. The van der Waals surface area contributed by atoms with Crippen LogP contribution in [-0.2, 0) is 4.79 Å². The van der Waals surface area contributed by atoms with E-state index < -0.39 is 0 Å². The SMILES string of the molecule is CC(NCC(=O)Nc1ccc(Cl)cc1)c1ccc(Cl)s1. The molecule has 1 aromatic carbocycles. The summed E-state index contributed by atoms with van der Waals surface area (Å²) in [5.41, 5.74) is 0.730. The molecule has 1 amide bonds. The van der Waals surface area contributed by atoms with Crippen molar-refractivity contribution >= 4 is 46.1 Å². The molecule has 106 valence electrons. The molecule has 2 N–H and O–H groups in total. The van der Waals surface area contributed by atoms with Crippen LogP contribution in [0.4, 0.5) is 5.69 Å². The molecule has 0 radical (unpaired) electrons. The van der Waals surface area contributed by atoms with Crippen LogP contribution in [0.15, 0.2) is 36.4 Å². The van der Waals surface area contributed by atoms with Crippen LogP contribution in [0.25, 0.3) is 0 Å². The largest absolute Gasteiger partial charge is 0.325 e. The van der Waals surface area contributed by atoms with Gasteiger partial charge in [-0.3, -0.25) is 4.79 Å². The van der Waals surface area contributed by atoms with Gasteiger partial charge in [0.1, 0.15) is 0 Å². The molecule has 1 atom stereocenters. The van der Waals surface area contributed by atoms with E-state index in [9.17, 15) is 4.79 Å².